The number of carbonyl (C=O) groups is 3. The number of fused-ring (bicyclic) bond motifs is 1. The summed E-state index contributed by atoms with van der Waals surface area (Å²) in [5.41, 5.74) is 1.74. The number of carbonyl (C=O) groups excluding carboxylic acids is 2. The van der Waals surface area contributed by atoms with Crippen molar-refractivity contribution in [2.24, 2.45) is 0 Å². The van der Waals surface area contributed by atoms with Crippen molar-refractivity contribution in [3.05, 3.63) is 82.9 Å². The average molecular weight is 551 g/mol. The van der Waals surface area contributed by atoms with Crippen LogP contribution in [0.4, 0.5) is 4.79 Å². The van der Waals surface area contributed by atoms with Gasteiger partial charge in [0.15, 0.2) is 0 Å². The summed E-state index contributed by atoms with van der Waals surface area (Å²) in [4.78, 5) is 39.4. The molecule has 0 spiro atoms. The third kappa shape index (κ3) is 7.71. The van der Waals surface area contributed by atoms with E-state index in [9.17, 15) is 14.4 Å². The molecule has 3 atom stereocenters. The number of nitrogens with zero attached hydrogens (tertiary/aromatic N) is 1. The second-order valence-corrected chi connectivity index (χ2v) is 10.4. The van der Waals surface area contributed by atoms with Crippen LogP contribution in [0.1, 0.15) is 48.0 Å². The number of rotatable bonds is 10. The average Bonchev–Trinajstić information content (AvgIpc) is 3.08. The van der Waals surface area contributed by atoms with Crippen molar-refractivity contribution in [1.82, 2.24) is 20.9 Å². The Balaban J connectivity index is 1.43. The highest BCUT2D eigenvalue weighted by molar-refractivity contribution is 6.31. The number of hydrogen-bond acceptors (Lipinski definition) is 4. The fourth-order valence-corrected chi connectivity index (χ4v) is 5.27. The molecule has 3 aromatic rings. The maximum Gasteiger partial charge on any atom is 0.404 e. The van der Waals surface area contributed by atoms with E-state index in [-0.39, 0.29) is 30.3 Å². The van der Waals surface area contributed by atoms with E-state index in [1.165, 1.54) is 5.56 Å². The van der Waals surface area contributed by atoms with E-state index in [1.807, 2.05) is 47.4 Å². The molecule has 0 aliphatic carbocycles. The summed E-state index contributed by atoms with van der Waals surface area (Å²) < 4.78 is 0. The Morgan fingerprint density at radius 1 is 1.08 bits per heavy atom. The maximum absolute atomic E-state index is 13.5. The summed E-state index contributed by atoms with van der Waals surface area (Å²) in [6.45, 7) is 3.76. The zero-order valence-electron chi connectivity index (χ0n) is 22.0. The lowest BCUT2D eigenvalue weighted by Crippen LogP contribution is -2.50. The normalized spacial score (nSPS) is 18.4. The number of nitrogens with one attached hydrogen (secondary N) is 3. The van der Waals surface area contributed by atoms with E-state index >= 15 is 0 Å². The molecule has 8 nitrogen and oxygen atoms in total. The van der Waals surface area contributed by atoms with Crippen molar-refractivity contribution in [3.63, 3.8) is 0 Å². The number of carboxylic acid groups (broad SMARTS) is 1. The van der Waals surface area contributed by atoms with Crippen molar-refractivity contribution in [1.29, 1.82) is 0 Å². The highest BCUT2D eigenvalue weighted by atomic mass is 35.5. The predicted octanol–water partition coefficient (Wildman–Crippen LogP) is 4.63. The van der Waals surface area contributed by atoms with Crippen molar-refractivity contribution >= 4 is 40.3 Å². The molecule has 0 aromatic heterocycles. The Morgan fingerprint density at radius 3 is 2.56 bits per heavy atom. The molecule has 1 aliphatic rings. The zero-order chi connectivity index (χ0) is 27.8. The molecule has 206 valence electrons. The van der Waals surface area contributed by atoms with Gasteiger partial charge in [0, 0.05) is 48.7 Å². The first-order chi connectivity index (χ1) is 18.8. The molecule has 4 rings (SSSR count). The van der Waals surface area contributed by atoms with Crippen LogP contribution < -0.4 is 16.0 Å². The maximum atomic E-state index is 13.5. The third-order valence-corrected chi connectivity index (χ3v) is 7.52. The third-order valence-electron chi connectivity index (χ3n) is 7.28. The van der Waals surface area contributed by atoms with Crippen LogP contribution in [0.2, 0.25) is 5.02 Å². The van der Waals surface area contributed by atoms with Crippen LogP contribution in [0.25, 0.3) is 10.8 Å². The molecular formula is C30H35ClN4O4. The Morgan fingerprint density at radius 2 is 1.82 bits per heavy atom. The van der Waals surface area contributed by atoms with Gasteiger partial charge in [0.1, 0.15) is 0 Å². The van der Waals surface area contributed by atoms with Gasteiger partial charge in [-0.05, 0) is 59.9 Å². The molecular weight excluding hydrogens is 516 g/mol. The van der Waals surface area contributed by atoms with Gasteiger partial charge in [-0.2, -0.15) is 0 Å². The second kappa shape index (κ2) is 13.4. The predicted molar refractivity (Wildman–Crippen MR) is 153 cm³/mol. The summed E-state index contributed by atoms with van der Waals surface area (Å²) in [5.74, 6) is -0.0362. The van der Waals surface area contributed by atoms with E-state index < -0.39 is 12.1 Å². The van der Waals surface area contributed by atoms with Gasteiger partial charge in [-0.1, -0.05) is 61.0 Å². The highest BCUT2D eigenvalue weighted by Crippen LogP contribution is 2.23. The molecule has 0 unspecified atom stereocenters. The molecule has 39 heavy (non-hydrogen) atoms. The van der Waals surface area contributed by atoms with Gasteiger partial charge in [-0.25, -0.2) is 4.79 Å². The molecule has 1 heterocycles. The fraction of sp³-hybridized carbons (Fsp3) is 0.367. The lowest BCUT2D eigenvalue weighted by atomic mass is 9.95. The van der Waals surface area contributed by atoms with Crippen LogP contribution in [0.3, 0.4) is 0 Å². The molecule has 1 fully saturated rings. The van der Waals surface area contributed by atoms with Gasteiger partial charge < -0.3 is 26.0 Å². The first-order valence-electron chi connectivity index (χ1n) is 13.4. The second-order valence-electron chi connectivity index (χ2n) is 9.94. The van der Waals surface area contributed by atoms with E-state index in [2.05, 4.69) is 35.0 Å². The first-order valence-corrected chi connectivity index (χ1v) is 13.8. The van der Waals surface area contributed by atoms with E-state index in [4.69, 9.17) is 16.7 Å². The zero-order valence-corrected chi connectivity index (χ0v) is 22.8. The molecule has 0 bridgehead atoms. The molecule has 1 saturated heterocycles. The lowest BCUT2D eigenvalue weighted by Gasteiger charge is -2.28. The van der Waals surface area contributed by atoms with Gasteiger partial charge in [-0.15, -0.1) is 0 Å². The first kappa shape index (κ1) is 28.4. The van der Waals surface area contributed by atoms with Crippen molar-refractivity contribution in [2.75, 3.05) is 26.2 Å². The number of hydrogen-bond donors (Lipinski definition) is 4. The van der Waals surface area contributed by atoms with Crippen LogP contribution >= 0.6 is 11.6 Å². The van der Waals surface area contributed by atoms with E-state index in [0.29, 0.717) is 43.1 Å². The number of halogens is 1. The molecule has 0 radical (unpaired) electrons. The van der Waals surface area contributed by atoms with E-state index in [0.717, 1.165) is 17.2 Å². The highest BCUT2D eigenvalue weighted by Gasteiger charge is 2.32. The molecule has 3 aromatic carbocycles. The quantitative estimate of drug-likeness (QED) is 0.294. The standard InChI is InChI=1S/C30H35ClN4O4/c1-2-20(21-6-4-3-5-7-21)19-35-15-13-26(34-27(29(35)37)12-14-32-30(38)39)18-33-28(36)24-9-8-23-17-25(31)11-10-22(23)16-24/h3-11,16-17,20,26-27,32,34H,2,12-15,18-19H2,1H3,(H,33,36)(H,38,39)/t20-,26+,27+/m1/s1. The molecule has 9 heteroatoms. The SMILES string of the molecule is CC[C@H](CN1CC[C@@H](CNC(=O)c2ccc3cc(Cl)ccc3c2)N[C@@H](CCNC(=O)O)C1=O)c1ccccc1. The van der Waals surface area contributed by atoms with Gasteiger partial charge in [0.05, 0.1) is 6.04 Å². The topological polar surface area (TPSA) is 111 Å². The molecule has 3 amide bonds. The minimum absolute atomic E-state index is 0.0430. The minimum atomic E-state index is -1.12. The van der Waals surface area contributed by atoms with Crippen molar-refractivity contribution < 1.29 is 19.5 Å². The molecule has 1 aliphatic heterocycles. The van der Waals surface area contributed by atoms with Crippen LogP contribution in [0.15, 0.2) is 66.7 Å². The van der Waals surface area contributed by atoms with Gasteiger partial charge >= 0.3 is 6.09 Å². The monoisotopic (exact) mass is 550 g/mol. The van der Waals surface area contributed by atoms with Crippen LogP contribution in [0, 0.1) is 0 Å². The van der Waals surface area contributed by atoms with Crippen molar-refractivity contribution in [3.8, 4) is 0 Å². The van der Waals surface area contributed by atoms with Gasteiger partial charge in [0.25, 0.3) is 5.91 Å². The van der Waals surface area contributed by atoms with Crippen molar-refractivity contribution in [2.45, 2.75) is 44.2 Å². The lowest BCUT2D eigenvalue weighted by molar-refractivity contribution is -0.133. The minimum Gasteiger partial charge on any atom is -0.465 e. The summed E-state index contributed by atoms with van der Waals surface area (Å²) in [6.07, 6.45) is 0.756. The van der Waals surface area contributed by atoms with Crippen LogP contribution in [-0.4, -0.2) is 66.2 Å². The molecule has 4 N–H and O–H groups in total. The van der Waals surface area contributed by atoms with E-state index in [1.54, 1.807) is 12.1 Å². The van der Waals surface area contributed by atoms with Crippen LogP contribution in [-0.2, 0) is 4.79 Å². The number of amides is 3. The van der Waals surface area contributed by atoms with Crippen LogP contribution in [0.5, 0.6) is 0 Å². The van der Waals surface area contributed by atoms with Gasteiger partial charge in [-0.3, -0.25) is 9.59 Å². The Bertz CT molecular complexity index is 1300. The molecule has 0 saturated carbocycles. The van der Waals surface area contributed by atoms with Gasteiger partial charge in [0.2, 0.25) is 5.91 Å². The summed E-state index contributed by atoms with van der Waals surface area (Å²) in [7, 11) is 0. The Labute approximate surface area is 233 Å². The Hall–Kier alpha value is -3.62. The summed E-state index contributed by atoms with van der Waals surface area (Å²) in [5, 5.41) is 20.3. The summed E-state index contributed by atoms with van der Waals surface area (Å²) >= 11 is 6.07. The summed E-state index contributed by atoms with van der Waals surface area (Å²) in [6, 6.07) is 20.5. The largest absolute Gasteiger partial charge is 0.465 e. The fourth-order valence-electron chi connectivity index (χ4n) is 5.09. The smallest absolute Gasteiger partial charge is 0.404 e. The number of benzene rings is 3. The Kier molecular flexibility index (Phi) is 9.79.